The van der Waals surface area contributed by atoms with Crippen molar-refractivity contribution in [3.63, 3.8) is 0 Å². The molecule has 0 aliphatic carbocycles. The van der Waals surface area contributed by atoms with Crippen molar-refractivity contribution in [2.45, 2.75) is 33.4 Å². The fourth-order valence-electron chi connectivity index (χ4n) is 4.45. The summed E-state index contributed by atoms with van der Waals surface area (Å²) in [5.74, 6) is 0.242. The summed E-state index contributed by atoms with van der Waals surface area (Å²) in [6, 6.07) is 22.8. The van der Waals surface area contributed by atoms with Crippen molar-refractivity contribution in [1.82, 2.24) is 4.57 Å². The van der Waals surface area contributed by atoms with Gasteiger partial charge in [0.25, 0.3) is 5.56 Å². The summed E-state index contributed by atoms with van der Waals surface area (Å²) < 4.78 is 14.5. The van der Waals surface area contributed by atoms with Gasteiger partial charge in [0.15, 0.2) is 4.80 Å². The summed E-state index contributed by atoms with van der Waals surface area (Å²) >= 11 is 4.75. The second kappa shape index (κ2) is 11.6. The molecular formula is C31H27BrN2O4S. The Bertz CT molecular complexity index is 1740. The van der Waals surface area contributed by atoms with E-state index in [-0.39, 0.29) is 12.2 Å². The Kier molecular flexibility index (Phi) is 7.95. The van der Waals surface area contributed by atoms with Gasteiger partial charge in [-0.1, -0.05) is 81.4 Å². The van der Waals surface area contributed by atoms with Crippen LogP contribution in [0.2, 0.25) is 0 Å². The highest BCUT2D eigenvalue weighted by atomic mass is 79.9. The molecular weight excluding hydrogens is 576 g/mol. The van der Waals surface area contributed by atoms with Crippen LogP contribution in [0.1, 0.15) is 42.1 Å². The normalized spacial score (nSPS) is 15.1. The lowest BCUT2D eigenvalue weighted by atomic mass is 9.95. The minimum atomic E-state index is -0.622. The van der Waals surface area contributed by atoms with E-state index in [0.29, 0.717) is 33.0 Å². The lowest BCUT2D eigenvalue weighted by Gasteiger charge is -2.24. The summed E-state index contributed by atoms with van der Waals surface area (Å²) in [5.41, 5.74) is 4.53. The molecule has 4 aromatic rings. The quantitative estimate of drug-likeness (QED) is 0.264. The number of halogens is 1. The molecule has 8 heteroatoms. The Morgan fingerprint density at radius 1 is 1.08 bits per heavy atom. The molecule has 39 heavy (non-hydrogen) atoms. The summed E-state index contributed by atoms with van der Waals surface area (Å²) in [4.78, 5) is 32.0. The smallest absolute Gasteiger partial charge is 0.338 e. The van der Waals surface area contributed by atoms with Crippen LogP contribution >= 0.6 is 27.3 Å². The van der Waals surface area contributed by atoms with E-state index in [1.54, 1.807) is 18.4 Å². The van der Waals surface area contributed by atoms with Crippen molar-refractivity contribution in [3.8, 4) is 5.75 Å². The van der Waals surface area contributed by atoms with E-state index in [4.69, 9.17) is 9.47 Å². The number of carbonyl (C=O) groups excluding carboxylic acids is 1. The summed E-state index contributed by atoms with van der Waals surface area (Å²) in [7, 11) is 0. The molecule has 1 aliphatic rings. The maximum atomic E-state index is 13.8. The van der Waals surface area contributed by atoms with Crippen LogP contribution in [-0.2, 0) is 16.1 Å². The third kappa shape index (κ3) is 5.82. The number of benzene rings is 3. The van der Waals surface area contributed by atoms with E-state index in [0.717, 1.165) is 26.7 Å². The zero-order valence-electron chi connectivity index (χ0n) is 21.8. The fourth-order valence-corrected chi connectivity index (χ4v) is 5.76. The van der Waals surface area contributed by atoms with E-state index in [1.165, 1.54) is 11.3 Å². The highest BCUT2D eigenvalue weighted by Crippen LogP contribution is 2.30. The van der Waals surface area contributed by atoms with Crippen LogP contribution in [0.25, 0.3) is 6.08 Å². The van der Waals surface area contributed by atoms with Gasteiger partial charge in [0, 0.05) is 4.47 Å². The molecule has 6 nitrogen and oxygen atoms in total. The largest absolute Gasteiger partial charge is 0.489 e. The maximum Gasteiger partial charge on any atom is 0.338 e. The van der Waals surface area contributed by atoms with Crippen molar-refractivity contribution < 1.29 is 14.3 Å². The van der Waals surface area contributed by atoms with Crippen LogP contribution in [-0.4, -0.2) is 17.1 Å². The van der Waals surface area contributed by atoms with Gasteiger partial charge in [-0.05, 0) is 67.8 Å². The molecule has 1 atom stereocenters. The molecule has 0 fully saturated rings. The SMILES string of the molecule is CCOC(=O)C1=C(C)N=c2s/c(=C\c3cccc(OCc4ccc(Br)cc4)c3)c(=O)n2[C@@H]1c1ccc(C)cc1. The highest BCUT2D eigenvalue weighted by Gasteiger charge is 2.33. The molecule has 0 saturated carbocycles. The van der Waals surface area contributed by atoms with Crippen LogP contribution < -0.4 is 19.6 Å². The van der Waals surface area contributed by atoms with Crippen LogP contribution in [0.15, 0.2) is 98.3 Å². The van der Waals surface area contributed by atoms with E-state index >= 15 is 0 Å². The molecule has 5 rings (SSSR count). The topological polar surface area (TPSA) is 69.9 Å². The molecule has 198 valence electrons. The van der Waals surface area contributed by atoms with Crippen LogP contribution in [0.5, 0.6) is 5.75 Å². The Hall–Kier alpha value is -3.75. The lowest BCUT2D eigenvalue weighted by molar-refractivity contribution is -0.139. The molecule has 0 radical (unpaired) electrons. The zero-order valence-corrected chi connectivity index (χ0v) is 24.2. The average Bonchev–Trinajstić information content (AvgIpc) is 3.22. The van der Waals surface area contributed by atoms with Crippen molar-refractivity contribution in [2.75, 3.05) is 6.61 Å². The monoisotopic (exact) mass is 602 g/mol. The Balaban J connectivity index is 1.53. The minimum Gasteiger partial charge on any atom is -0.489 e. The molecule has 1 aromatic heterocycles. The standard InChI is InChI=1S/C31H27BrN2O4S/c1-4-37-30(36)27-20(3)33-31-34(28(27)23-12-8-19(2)9-13-23)29(35)26(39-31)17-22-6-5-7-25(16-22)38-18-21-10-14-24(32)15-11-21/h5-17,28H,4,18H2,1-3H3/b26-17-/t28-/m1/s1. The summed E-state index contributed by atoms with van der Waals surface area (Å²) in [6.45, 7) is 6.23. The van der Waals surface area contributed by atoms with Gasteiger partial charge in [-0.25, -0.2) is 9.79 Å². The molecule has 0 bridgehead atoms. The first-order valence-electron chi connectivity index (χ1n) is 12.6. The van der Waals surface area contributed by atoms with Gasteiger partial charge in [0.2, 0.25) is 0 Å². The van der Waals surface area contributed by atoms with Crippen LogP contribution in [0, 0.1) is 6.92 Å². The Morgan fingerprint density at radius 3 is 2.54 bits per heavy atom. The lowest BCUT2D eigenvalue weighted by Crippen LogP contribution is -2.39. The maximum absolute atomic E-state index is 13.8. The molecule has 0 saturated heterocycles. The number of carbonyl (C=O) groups is 1. The number of allylic oxidation sites excluding steroid dienone is 1. The van der Waals surface area contributed by atoms with E-state index in [9.17, 15) is 9.59 Å². The molecule has 0 amide bonds. The van der Waals surface area contributed by atoms with Gasteiger partial charge in [-0.15, -0.1) is 0 Å². The van der Waals surface area contributed by atoms with Crippen molar-refractivity contribution in [2.24, 2.45) is 4.99 Å². The number of esters is 1. The van der Waals surface area contributed by atoms with Crippen LogP contribution in [0.4, 0.5) is 0 Å². The Labute approximate surface area is 238 Å². The van der Waals surface area contributed by atoms with Crippen molar-refractivity contribution >= 4 is 39.3 Å². The van der Waals surface area contributed by atoms with Gasteiger partial charge in [-0.3, -0.25) is 9.36 Å². The van der Waals surface area contributed by atoms with Gasteiger partial charge >= 0.3 is 5.97 Å². The number of thiazole rings is 1. The number of ether oxygens (including phenoxy) is 2. The second-order valence-corrected chi connectivity index (χ2v) is 11.1. The van der Waals surface area contributed by atoms with Crippen LogP contribution in [0.3, 0.4) is 0 Å². The first-order valence-corrected chi connectivity index (χ1v) is 14.2. The molecule has 0 N–H and O–H groups in total. The van der Waals surface area contributed by atoms with E-state index < -0.39 is 12.0 Å². The zero-order chi connectivity index (χ0) is 27.5. The number of aryl methyl sites for hydroxylation is 1. The predicted molar refractivity (Wildman–Crippen MR) is 156 cm³/mol. The van der Waals surface area contributed by atoms with Gasteiger partial charge in [0.05, 0.1) is 28.5 Å². The fraction of sp³-hybridized carbons (Fsp3) is 0.194. The minimum absolute atomic E-state index is 0.209. The third-order valence-corrected chi connectivity index (χ3v) is 7.90. The molecule has 0 unspecified atom stereocenters. The molecule has 1 aliphatic heterocycles. The van der Waals surface area contributed by atoms with E-state index in [2.05, 4.69) is 20.9 Å². The summed E-state index contributed by atoms with van der Waals surface area (Å²) in [6.07, 6.45) is 1.84. The first-order chi connectivity index (χ1) is 18.8. The number of fused-ring (bicyclic) bond motifs is 1. The molecule has 2 heterocycles. The number of rotatable bonds is 7. The second-order valence-electron chi connectivity index (χ2n) is 9.20. The van der Waals surface area contributed by atoms with Gasteiger partial charge in [0.1, 0.15) is 12.4 Å². The van der Waals surface area contributed by atoms with E-state index in [1.807, 2.05) is 85.8 Å². The Morgan fingerprint density at radius 2 is 1.82 bits per heavy atom. The average molecular weight is 604 g/mol. The van der Waals surface area contributed by atoms with Gasteiger partial charge in [-0.2, -0.15) is 0 Å². The van der Waals surface area contributed by atoms with Crippen molar-refractivity contribution in [1.29, 1.82) is 0 Å². The van der Waals surface area contributed by atoms with Gasteiger partial charge < -0.3 is 9.47 Å². The number of hydrogen-bond donors (Lipinski definition) is 0. The molecule has 3 aromatic carbocycles. The summed E-state index contributed by atoms with van der Waals surface area (Å²) in [5, 5.41) is 0. The highest BCUT2D eigenvalue weighted by molar-refractivity contribution is 9.10. The van der Waals surface area contributed by atoms with Crippen molar-refractivity contribution in [3.05, 3.63) is 130 Å². The number of hydrogen-bond acceptors (Lipinski definition) is 6. The number of nitrogens with zero attached hydrogens (tertiary/aromatic N) is 2. The first kappa shape index (κ1) is 26.8. The third-order valence-electron chi connectivity index (χ3n) is 6.38. The molecule has 0 spiro atoms. The number of aromatic nitrogens is 1. The predicted octanol–water partition coefficient (Wildman–Crippen LogP) is 5.45.